The van der Waals surface area contributed by atoms with E-state index in [0.29, 0.717) is 19.5 Å². The highest BCUT2D eigenvalue weighted by Crippen LogP contribution is 2.18. The number of carbonyl (C=O) groups excluding carboxylic acids is 6. The summed E-state index contributed by atoms with van der Waals surface area (Å²) in [4.78, 5) is 85.4. The lowest BCUT2D eigenvalue weighted by atomic mass is 9.98. The molecule has 48 heavy (non-hydrogen) atoms. The third-order valence-electron chi connectivity index (χ3n) is 9.08. The number of hydrogen-bond acceptors (Lipinski definition) is 7. The second-order valence-electron chi connectivity index (χ2n) is 13.4. The largest absolute Gasteiger partial charge is 0.391 e. The fourth-order valence-electron chi connectivity index (χ4n) is 5.75. The lowest BCUT2D eigenvalue weighted by molar-refractivity contribution is -0.151. The van der Waals surface area contributed by atoms with Gasteiger partial charge in [0, 0.05) is 47.6 Å². The molecule has 6 amide bonds. The highest BCUT2D eigenvalue weighted by Gasteiger charge is 2.39. The number of hydrogen-bond donors (Lipinski definition) is 3. The van der Waals surface area contributed by atoms with Gasteiger partial charge in [0.2, 0.25) is 35.4 Å². The normalized spacial score (nSPS) is 16.9. The predicted molar refractivity (Wildman–Crippen MR) is 182 cm³/mol. The summed E-state index contributed by atoms with van der Waals surface area (Å²) in [7, 11) is 4.39. The SMILES string of the molecule is CC(=O)N(C)[C@@H](C)C(=O)N[C@H](C(=O)N(C)[C@@H](Cc1ccccc1)C(=O)N(C)[C@@H](CC(C)C)C(=O)N[C@@H](C)C(=O)N1CCCCC1)[C@@H](C)O. The number of piperidine rings is 1. The van der Waals surface area contributed by atoms with Crippen LogP contribution in [-0.2, 0) is 35.2 Å². The summed E-state index contributed by atoms with van der Waals surface area (Å²) in [5, 5.41) is 16.0. The predicted octanol–water partition coefficient (Wildman–Crippen LogP) is 1.18. The molecule has 3 N–H and O–H groups in total. The van der Waals surface area contributed by atoms with E-state index in [1.165, 1.54) is 56.6 Å². The molecule has 0 aliphatic carbocycles. The molecule has 1 fully saturated rings. The lowest BCUT2D eigenvalue weighted by Gasteiger charge is -2.37. The lowest BCUT2D eigenvalue weighted by Crippen LogP contribution is -2.61. The highest BCUT2D eigenvalue weighted by molar-refractivity contribution is 5.96. The summed E-state index contributed by atoms with van der Waals surface area (Å²) >= 11 is 0. The molecule has 0 radical (unpaired) electrons. The molecule has 268 valence electrons. The molecule has 1 aliphatic rings. The topological polar surface area (TPSA) is 160 Å². The van der Waals surface area contributed by atoms with Crippen LogP contribution in [0.5, 0.6) is 0 Å². The number of benzene rings is 1. The van der Waals surface area contributed by atoms with Crippen molar-refractivity contribution >= 4 is 35.4 Å². The Morgan fingerprint density at radius 3 is 1.85 bits per heavy atom. The average Bonchev–Trinajstić information content (AvgIpc) is 3.06. The van der Waals surface area contributed by atoms with Crippen molar-refractivity contribution in [2.75, 3.05) is 34.2 Å². The molecule has 2 rings (SSSR count). The van der Waals surface area contributed by atoms with Crippen molar-refractivity contribution in [2.45, 2.75) is 110 Å². The summed E-state index contributed by atoms with van der Waals surface area (Å²) < 4.78 is 0. The Labute approximate surface area is 285 Å². The van der Waals surface area contributed by atoms with Gasteiger partial charge in [-0.1, -0.05) is 44.2 Å². The van der Waals surface area contributed by atoms with E-state index in [2.05, 4.69) is 10.6 Å². The molecule has 1 heterocycles. The molecule has 13 nitrogen and oxygen atoms in total. The van der Waals surface area contributed by atoms with Gasteiger partial charge in [-0.15, -0.1) is 0 Å². The number of aliphatic hydroxyl groups is 1. The van der Waals surface area contributed by atoms with Crippen molar-refractivity contribution in [3.05, 3.63) is 35.9 Å². The van der Waals surface area contributed by atoms with E-state index in [9.17, 15) is 33.9 Å². The zero-order valence-corrected chi connectivity index (χ0v) is 30.1. The number of nitrogens with one attached hydrogen (secondary N) is 2. The summed E-state index contributed by atoms with van der Waals surface area (Å²) in [6.07, 6.45) is 1.97. The van der Waals surface area contributed by atoms with Crippen LogP contribution < -0.4 is 10.6 Å². The second kappa shape index (κ2) is 18.5. The van der Waals surface area contributed by atoms with E-state index < -0.39 is 59.9 Å². The Balaban J connectivity index is 2.38. The van der Waals surface area contributed by atoms with Gasteiger partial charge in [0.05, 0.1) is 6.10 Å². The minimum atomic E-state index is -1.42. The number of carbonyl (C=O) groups is 6. The first kappa shape index (κ1) is 40.2. The standard InChI is InChI=1S/C35H56N6O7/c1-22(2)20-28(32(45)36-23(3)33(46)41-18-14-11-15-19-41)39(8)34(47)29(21-27-16-12-10-13-17-27)40(9)35(48)30(25(5)42)37-31(44)24(4)38(7)26(6)43/h10,12-13,16-17,22-25,28-30,42H,11,14-15,18-21H2,1-9H3,(H,36,45)(H,37,44)/t23-,24-,25+,28-,29-,30-/m0/s1. The van der Waals surface area contributed by atoms with Crippen molar-refractivity contribution in [1.82, 2.24) is 30.2 Å². The highest BCUT2D eigenvalue weighted by atomic mass is 16.3. The minimum absolute atomic E-state index is 0.0148. The van der Waals surface area contributed by atoms with Crippen molar-refractivity contribution < 1.29 is 33.9 Å². The Hall–Kier alpha value is -4.00. The Kier molecular flexibility index (Phi) is 15.5. The molecular formula is C35H56N6O7. The van der Waals surface area contributed by atoms with Crippen LogP contribution in [0.1, 0.15) is 72.8 Å². The maximum atomic E-state index is 14.4. The average molecular weight is 673 g/mol. The van der Waals surface area contributed by atoms with Gasteiger partial charge >= 0.3 is 0 Å². The fraction of sp³-hybridized carbons (Fsp3) is 0.657. The third-order valence-corrected chi connectivity index (χ3v) is 9.08. The van der Waals surface area contributed by atoms with Crippen LogP contribution in [-0.4, -0.2) is 131 Å². The zero-order chi connectivity index (χ0) is 36.3. The Morgan fingerprint density at radius 2 is 1.33 bits per heavy atom. The van der Waals surface area contributed by atoms with E-state index in [4.69, 9.17) is 0 Å². The fourth-order valence-corrected chi connectivity index (χ4v) is 5.75. The second-order valence-corrected chi connectivity index (χ2v) is 13.4. The number of rotatable bonds is 15. The van der Waals surface area contributed by atoms with Gasteiger partial charge < -0.3 is 35.3 Å². The smallest absolute Gasteiger partial charge is 0.248 e. The quantitative estimate of drug-likeness (QED) is 0.252. The van der Waals surface area contributed by atoms with E-state index in [-0.39, 0.29) is 24.2 Å². The molecule has 1 aromatic rings. The van der Waals surface area contributed by atoms with Gasteiger partial charge in [-0.25, -0.2) is 0 Å². The van der Waals surface area contributed by atoms with E-state index in [1.807, 2.05) is 44.2 Å². The zero-order valence-electron chi connectivity index (χ0n) is 30.1. The van der Waals surface area contributed by atoms with Crippen LogP contribution in [0.25, 0.3) is 0 Å². The molecule has 1 saturated heterocycles. The first-order valence-corrected chi connectivity index (χ1v) is 16.9. The van der Waals surface area contributed by atoms with E-state index in [1.54, 1.807) is 11.8 Å². The van der Waals surface area contributed by atoms with E-state index in [0.717, 1.165) is 24.8 Å². The Morgan fingerprint density at radius 1 is 0.771 bits per heavy atom. The Bertz CT molecular complexity index is 1270. The first-order chi connectivity index (χ1) is 22.5. The molecule has 1 aromatic carbocycles. The summed E-state index contributed by atoms with van der Waals surface area (Å²) in [6, 6.07) is 3.91. The third kappa shape index (κ3) is 11.0. The van der Waals surface area contributed by atoms with E-state index >= 15 is 0 Å². The van der Waals surface area contributed by atoms with Gasteiger partial charge in [0.15, 0.2) is 0 Å². The van der Waals surface area contributed by atoms with Crippen molar-refractivity contribution in [3.8, 4) is 0 Å². The summed E-state index contributed by atoms with van der Waals surface area (Å²) in [5.41, 5.74) is 0.754. The number of likely N-dealkylation sites (N-methyl/N-ethyl adjacent to an activating group) is 3. The van der Waals surface area contributed by atoms with Crippen molar-refractivity contribution in [2.24, 2.45) is 5.92 Å². The molecule has 6 atom stereocenters. The molecule has 0 saturated carbocycles. The van der Waals surface area contributed by atoms with Gasteiger partial charge in [-0.05, 0) is 57.9 Å². The number of aliphatic hydroxyl groups excluding tert-OH is 1. The molecule has 0 spiro atoms. The van der Waals surface area contributed by atoms with Crippen molar-refractivity contribution in [1.29, 1.82) is 0 Å². The van der Waals surface area contributed by atoms with Crippen LogP contribution in [0, 0.1) is 5.92 Å². The minimum Gasteiger partial charge on any atom is -0.391 e. The molecule has 1 aliphatic heterocycles. The maximum absolute atomic E-state index is 14.4. The van der Waals surface area contributed by atoms with Crippen LogP contribution in [0.2, 0.25) is 0 Å². The van der Waals surface area contributed by atoms with Crippen LogP contribution >= 0.6 is 0 Å². The number of amides is 6. The van der Waals surface area contributed by atoms with Crippen LogP contribution in [0.4, 0.5) is 0 Å². The molecule has 0 bridgehead atoms. The van der Waals surface area contributed by atoms with Crippen molar-refractivity contribution in [3.63, 3.8) is 0 Å². The number of nitrogens with zero attached hydrogens (tertiary/aromatic N) is 4. The first-order valence-electron chi connectivity index (χ1n) is 16.9. The van der Waals surface area contributed by atoms with Gasteiger partial charge in [-0.2, -0.15) is 0 Å². The molecule has 0 aromatic heterocycles. The van der Waals surface area contributed by atoms with Gasteiger partial charge in [0.25, 0.3) is 0 Å². The molecule has 0 unspecified atom stereocenters. The number of likely N-dealkylation sites (tertiary alicyclic amines) is 1. The van der Waals surface area contributed by atoms with Crippen LogP contribution in [0.15, 0.2) is 30.3 Å². The van der Waals surface area contributed by atoms with Gasteiger partial charge in [0.1, 0.15) is 30.2 Å². The monoisotopic (exact) mass is 672 g/mol. The molecule has 13 heteroatoms. The van der Waals surface area contributed by atoms with Crippen LogP contribution in [0.3, 0.4) is 0 Å². The van der Waals surface area contributed by atoms with Gasteiger partial charge in [-0.3, -0.25) is 28.8 Å². The summed E-state index contributed by atoms with van der Waals surface area (Å²) in [5.74, 6) is -2.86. The summed E-state index contributed by atoms with van der Waals surface area (Å²) in [6.45, 7) is 11.0. The maximum Gasteiger partial charge on any atom is 0.248 e. The molecular weight excluding hydrogens is 616 g/mol.